The maximum absolute atomic E-state index is 12.6. The summed E-state index contributed by atoms with van der Waals surface area (Å²) in [6.07, 6.45) is -3.41. The van der Waals surface area contributed by atoms with E-state index in [0.717, 1.165) is 29.1 Å². The molecule has 0 atom stereocenters. The number of carbonyl (C=O) groups is 1. The lowest BCUT2D eigenvalue weighted by Crippen LogP contribution is -2.18. The molecule has 0 saturated carbocycles. The number of fused-ring (bicyclic) bond motifs is 1. The second-order valence-corrected chi connectivity index (χ2v) is 5.40. The number of benzene rings is 2. The molecule has 2 N–H and O–H groups in total. The van der Waals surface area contributed by atoms with E-state index in [9.17, 15) is 18.0 Å². The third-order valence-electron chi connectivity index (χ3n) is 3.51. The number of aromatic carboxylic acids is 1. The van der Waals surface area contributed by atoms with Crippen LogP contribution in [-0.4, -0.2) is 27.4 Å². The molecule has 0 aliphatic carbocycles. The van der Waals surface area contributed by atoms with Crippen LogP contribution in [0.15, 0.2) is 42.6 Å². The Balaban J connectivity index is 2.03. The van der Waals surface area contributed by atoms with Crippen LogP contribution in [0.25, 0.3) is 10.9 Å². The number of anilines is 2. The summed E-state index contributed by atoms with van der Waals surface area (Å²) in [4.78, 5) is 19.4. The minimum Gasteiger partial charge on any atom is -0.478 e. The number of hydrogen-bond donors (Lipinski definition) is 2. The number of rotatable bonds is 4. The van der Waals surface area contributed by atoms with Gasteiger partial charge >= 0.3 is 12.3 Å². The van der Waals surface area contributed by atoms with E-state index in [1.807, 2.05) is 19.1 Å². The van der Waals surface area contributed by atoms with Crippen molar-refractivity contribution in [3.63, 3.8) is 0 Å². The van der Waals surface area contributed by atoms with Crippen molar-refractivity contribution in [1.82, 2.24) is 9.97 Å². The van der Waals surface area contributed by atoms with Crippen LogP contribution in [0.2, 0.25) is 0 Å². The molecular formula is C17H12F3N3O3. The molecular weight excluding hydrogens is 351 g/mol. The normalized spacial score (nSPS) is 11.4. The average molecular weight is 363 g/mol. The Kier molecular flexibility index (Phi) is 4.37. The zero-order valence-corrected chi connectivity index (χ0v) is 13.3. The van der Waals surface area contributed by atoms with Crippen molar-refractivity contribution in [3.8, 4) is 5.75 Å². The topological polar surface area (TPSA) is 84.3 Å². The highest BCUT2D eigenvalue weighted by molar-refractivity contribution is 5.90. The molecule has 0 bridgehead atoms. The molecule has 0 spiro atoms. The Labute approximate surface area is 145 Å². The Hall–Kier alpha value is -3.36. The van der Waals surface area contributed by atoms with Gasteiger partial charge in [-0.05, 0) is 30.7 Å². The SMILES string of the molecule is Cc1cccc2cnc(Nc3cc(C(=O)O)ccc3OC(F)(F)F)nc12. The number of nitrogens with one attached hydrogen (secondary N) is 1. The van der Waals surface area contributed by atoms with Gasteiger partial charge in [0, 0.05) is 11.6 Å². The minimum atomic E-state index is -4.93. The Morgan fingerprint density at radius 1 is 1.23 bits per heavy atom. The maximum Gasteiger partial charge on any atom is 0.573 e. The maximum atomic E-state index is 12.6. The number of halogens is 3. The lowest BCUT2D eigenvalue weighted by molar-refractivity contribution is -0.274. The van der Waals surface area contributed by atoms with Crippen LogP contribution in [0, 0.1) is 6.92 Å². The third-order valence-corrected chi connectivity index (χ3v) is 3.51. The number of nitrogens with zero attached hydrogens (tertiary/aromatic N) is 2. The van der Waals surface area contributed by atoms with Gasteiger partial charge in [0.05, 0.1) is 16.8 Å². The van der Waals surface area contributed by atoms with Gasteiger partial charge in [-0.15, -0.1) is 13.2 Å². The minimum absolute atomic E-state index is 0.0152. The van der Waals surface area contributed by atoms with E-state index in [0.29, 0.717) is 5.52 Å². The fourth-order valence-corrected chi connectivity index (χ4v) is 2.36. The van der Waals surface area contributed by atoms with Crippen LogP contribution < -0.4 is 10.1 Å². The number of ether oxygens (including phenoxy) is 1. The van der Waals surface area contributed by atoms with Crippen LogP contribution in [0.5, 0.6) is 5.75 Å². The first kappa shape index (κ1) is 17.5. The van der Waals surface area contributed by atoms with Gasteiger partial charge in [-0.3, -0.25) is 0 Å². The summed E-state index contributed by atoms with van der Waals surface area (Å²) in [6.45, 7) is 1.84. The molecule has 9 heteroatoms. The quantitative estimate of drug-likeness (QED) is 0.720. The van der Waals surface area contributed by atoms with Gasteiger partial charge in [0.25, 0.3) is 0 Å². The largest absolute Gasteiger partial charge is 0.573 e. The standard InChI is InChI=1S/C17H12F3N3O3/c1-9-3-2-4-11-8-21-16(23-14(9)11)22-12-7-10(15(24)25)5-6-13(12)26-17(18,19)20/h2-8H,1H3,(H,24,25)(H,21,22,23). The molecule has 6 nitrogen and oxygen atoms in total. The summed E-state index contributed by atoms with van der Waals surface area (Å²) in [5.74, 6) is -1.86. The van der Waals surface area contributed by atoms with Crippen LogP contribution in [0.3, 0.4) is 0 Å². The van der Waals surface area contributed by atoms with Gasteiger partial charge in [-0.2, -0.15) is 0 Å². The zero-order chi connectivity index (χ0) is 18.9. The van der Waals surface area contributed by atoms with Crippen molar-refractivity contribution in [2.75, 3.05) is 5.32 Å². The molecule has 0 radical (unpaired) electrons. The van der Waals surface area contributed by atoms with Crippen molar-refractivity contribution in [2.24, 2.45) is 0 Å². The summed E-state index contributed by atoms with van der Waals surface area (Å²) >= 11 is 0. The van der Waals surface area contributed by atoms with Crippen molar-refractivity contribution < 1.29 is 27.8 Å². The van der Waals surface area contributed by atoms with Crippen LogP contribution in [0.1, 0.15) is 15.9 Å². The average Bonchev–Trinajstić information content (AvgIpc) is 2.56. The van der Waals surface area contributed by atoms with Gasteiger partial charge < -0.3 is 15.2 Å². The van der Waals surface area contributed by atoms with Crippen molar-refractivity contribution in [3.05, 3.63) is 53.7 Å². The second kappa shape index (κ2) is 6.51. The fraction of sp³-hybridized carbons (Fsp3) is 0.118. The highest BCUT2D eigenvalue weighted by Gasteiger charge is 2.32. The van der Waals surface area contributed by atoms with Crippen LogP contribution >= 0.6 is 0 Å². The lowest BCUT2D eigenvalue weighted by Gasteiger charge is -2.15. The van der Waals surface area contributed by atoms with Crippen LogP contribution in [-0.2, 0) is 0 Å². The molecule has 0 aliphatic heterocycles. The number of aromatic nitrogens is 2. The van der Waals surface area contributed by atoms with Gasteiger partial charge in [-0.1, -0.05) is 18.2 Å². The first-order chi connectivity index (χ1) is 12.2. The Morgan fingerprint density at radius 2 is 2.00 bits per heavy atom. The molecule has 0 aliphatic rings. The molecule has 134 valence electrons. The van der Waals surface area contributed by atoms with E-state index >= 15 is 0 Å². The molecule has 2 aromatic carbocycles. The van der Waals surface area contributed by atoms with E-state index in [1.165, 1.54) is 6.20 Å². The summed E-state index contributed by atoms with van der Waals surface area (Å²) in [7, 11) is 0. The van der Waals surface area contributed by atoms with Crippen molar-refractivity contribution >= 4 is 28.5 Å². The van der Waals surface area contributed by atoms with Gasteiger partial charge in [-0.25, -0.2) is 14.8 Å². The Bertz CT molecular complexity index is 990. The highest BCUT2D eigenvalue weighted by Crippen LogP contribution is 2.33. The zero-order valence-electron chi connectivity index (χ0n) is 13.3. The number of aryl methyl sites for hydroxylation is 1. The first-order valence-electron chi connectivity index (χ1n) is 7.35. The van der Waals surface area contributed by atoms with Gasteiger partial charge in [0.2, 0.25) is 5.95 Å². The smallest absolute Gasteiger partial charge is 0.478 e. The molecule has 0 unspecified atom stereocenters. The molecule has 3 rings (SSSR count). The number of para-hydroxylation sites is 1. The number of hydrogen-bond acceptors (Lipinski definition) is 5. The predicted octanol–water partition coefficient (Wildman–Crippen LogP) is 4.28. The van der Waals surface area contributed by atoms with E-state index in [4.69, 9.17) is 5.11 Å². The summed E-state index contributed by atoms with van der Waals surface area (Å²) in [5.41, 5.74) is 1.06. The van der Waals surface area contributed by atoms with Crippen LogP contribution in [0.4, 0.5) is 24.8 Å². The van der Waals surface area contributed by atoms with E-state index in [1.54, 1.807) is 6.07 Å². The van der Waals surface area contributed by atoms with E-state index in [-0.39, 0.29) is 17.2 Å². The summed E-state index contributed by atoms with van der Waals surface area (Å²) in [5, 5.41) is 12.4. The molecule has 0 fully saturated rings. The Morgan fingerprint density at radius 3 is 2.69 bits per heavy atom. The number of carboxylic acid groups (broad SMARTS) is 1. The lowest BCUT2D eigenvalue weighted by atomic mass is 10.1. The van der Waals surface area contributed by atoms with E-state index < -0.39 is 18.1 Å². The third kappa shape index (κ3) is 3.82. The predicted molar refractivity (Wildman–Crippen MR) is 87.6 cm³/mol. The first-order valence-corrected chi connectivity index (χ1v) is 7.35. The highest BCUT2D eigenvalue weighted by atomic mass is 19.4. The molecule has 1 heterocycles. The number of carboxylic acids is 1. The molecule has 3 aromatic rings. The molecule has 1 aromatic heterocycles. The number of alkyl halides is 3. The second-order valence-electron chi connectivity index (χ2n) is 5.40. The van der Waals surface area contributed by atoms with E-state index in [2.05, 4.69) is 20.0 Å². The fourth-order valence-electron chi connectivity index (χ4n) is 2.36. The summed E-state index contributed by atoms with van der Waals surface area (Å²) in [6, 6.07) is 8.43. The van der Waals surface area contributed by atoms with Gasteiger partial charge in [0.15, 0.2) is 5.75 Å². The molecule has 0 saturated heterocycles. The van der Waals surface area contributed by atoms with Gasteiger partial charge in [0.1, 0.15) is 0 Å². The van der Waals surface area contributed by atoms with Crippen molar-refractivity contribution in [2.45, 2.75) is 13.3 Å². The molecule has 26 heavy (non-hydrogen) atoms. The molecule has 0 amide bonds. The monoisotopic (exact) mass is 363 g/mol. The summed E-state index contributed by atoms with van der Waals surface area (Å²) < 4.78 is 41.7. The van der Waals surface area contributed by atoms with Crippen molar-refractivity contribution in [1.29, 1.82) is 0 Å².